The van der Waals surface area contributed by atoms with Crippen LogP contribution in [0.2, 0.25) is 0 Å². The summed E-state index contributed by atoms with van der Waals surface area (Å²) >= 11 is 1.81. The fraction of sp³-hybridized carbons (Fsp3) is 0.500. The van der Waals surface area contributed by atoms with Gasteiger partial charge in [-0.3, -0.25) is 4.99 Å². The van der Waals surface area contributed by atoms with Gasteiger partial charge < -0.3 is 16.0 Å². The third kappa shape index (κ3) is 4.90. The number of aromatic nitrogens is 2. The van der Waals surface area contributed by atoms with E-state index in [1.165, 1.54) is 6.34 Å². The first kappa shape index (κ1) is 13.6. The molecule has 0 aliphatic heterocycles. The largest absolute Gasteiger partial charge is 0.390 e. The number of hydrogen-bond donors (Lipinski definition) is 3. The Labute approximate surface area is 105 Å². The highest BCUT2D eigenvalue weighted by Crippen LogP contribution is 2.11. The first-order valence-corrected chi connectivity index (χ1v) is 6.45. The van der Waals surface area contributed by atoms with Crippen molar-refractivity contribution in [2.75, 3.05) is 19.3 Å². The molecule has 0 amide bonds. The smallest absolute Gasteiger partial charge is 0.219 e. The van der Waals surface area contributed by atoms with Crippen molar-refractivity contribution in [1.29, 1.82) is 0 Å². The second-order valence-corrected chi connectivity index (χ2v) is 4.38. The van der Waals surface area contributed by atoms with Crippen LogP contribution in [0.5, 0.6) is 0 Å². The number of H-pyrrole nitrogens is 1. The average Bonchev–Trinajstić information content (AvgIpc) is 2.73. The second-order valence-electron chi connectivity index (χ2n) is 3.28. The number of hydrogen-bond acceptors (Lipinski definition) is 3. The topological polar surface area (TPSA) is 91.4 Å². The number of nitrogens with one attached hydrogen (secondary N) is 2. The number of guanidine groups is 1. The second kappa shape index (κ2) is 7.72. The van der Waals surface area contributed by atoms with E-state index < -0.39 is 0 Å². The molecule has 0 unspecified atom stereocenters. The SMILES string of the molecule is CN=C(/N=C\N)NCCSCc1nc[nH]c1C. The van der Waals surface area contributed by atoms with Gasteiger partial charge in [-0.2, -0.15) is 11.8 Å². The molecule has 0 atom stereocenters. The predicted octanol–water partition coefficient (Wildman–Crippen LogP) is 0.514. The van der Waals surface area contributed by atoms with Crippen LogP contribution in [0.3, 0.4) is 0 Å². The Balaban J connectivity index is 2.15. The maximum absolute atomic E-state index is 5.19. The third-order valence-electron chi connectivity index (χ3n) is 2.11. The van der Waals surface area contributed by atoms with E-state index in [0.717, 1.165) is 29.4 Å². The summed E-state index contributed by atoms with van der Waals surface area (Å²) in [6, 6.07) is 0. The van der Waals surface area contributed by atoms with Gasteiger partial charge in [0.15, 0.2) is 0 Å². The molecule has 6 nitrogen and oxygen atoms in total. The zero-order valence-corrected chi connectivity index (χ0v) is 10.9. The van der Waals surface area contributed by atoms with Gasteiger partial charge in [-0.25, -0.2) is 9.98 Å². The van der Waals surface area contributed by atoms with Gasteiger partial charge in [-0.1, -0.05) is 0 Å². The number of thioether (sulfide) groups is 1. The van der Waals surface area contributed by atoms with Crippen LogP contribution in [0, 0.1) is 6.92 Å². The van der Waals surface area contributed by atoms with Crippen molar-refractivity contribution < 1.29 is 0 Å². The maximum Gasteiger partial charge on any atom is 0.219 e. The summed E-state index contributed by atoms with van der Waals surface area (Å²) in [6.45, 7) is 2.83. The van der Waals surface area contributed by atoms with Gasteiger partial charge in [0.1, 0.15) is 0 Å². The molecule has 7 heteroatoms. The molecule has 0 aliphatic rings. The van der Waals surface area contributed by atoms with Crippen molar-refractivity contribution in [3.05, 3.63) is 17.7 Å². The molecule has 1 aromatic rings. The molecule has 0 fully saturated rings. The molecule has 0 saturated carbocycles. The van der Waals surface area contributed by atoms with Crippen LogP contribution in [0.4, 0.5) is 0 Å². The highest BCUT2D eigenvalue weighted by atomic mass is 32.2. The minimum atomic E-state index is 0.559. The lowest BCUT2D eigenvalue weighted by Gasteiger charge is -2.04. The predicted molar refractivity (Wildman–Crippen MR) is 73.5 cm³/mol. The normalized spacial score (nSPS) is 12.2. The van der Waals surface area contributed by atoms with Crippen LogP contribution >= 0.6 is 11.8 Å². The summed E-state index contributed by atoms with van der Waals surface area (Å²) in [7, 11) is 1.68. The van der Waals surface area contributed by atoms with Crippen molar-refractivity contribution in [3.63, 3.8) is 0 Å². The van der Waals surface area contributed by atoms with Crippen LogP contribution in [0.1, 0.15) is 11.4 Å². The number of nitrogens with two attached hydrogens (primary N) is 1. The Morgan fingerprint density at radius 2 is 2.53 bits per heavy atom. The minimum absolute atomic E-state index is 0.559. The lowest BCUT2D eigenvalue weighted by molar-refractivity contribution is 0.958. The lowest BCUT2D eigenvalue weighted by Crippen LogP contribution is -2.24. The molecule has 0 radical (unpaired) electrons. The molecule has 0 aromatic carbocycles. The van der Waals surface area contributed by atoms with E-state index in [0.29, 0.717) is 5.96 Å². The summed E-state index contributed by atoms with van der Waals surface area (Å²) in [5, 5.41) is 3.09. The number of nitrogens with zero attached hydrogens (tertiary/aromatic N) is 3. The van der Waals surface area contributed by atoms with Crippen LogP contribution in [-0.4, -0.2) is 41.6 Å². The van der Waals surface area contributed by atoms with E-state index in [2.05, 4.69) is 25.3 Å². The zero-order valence-electron chi connectivity index (χ0n) is 10.1. The Hall–Kier alpha value is -1.50. The highest BCUT2D eigenvalue weighted by Gasteiger charge is 2.00. The third-order valence-corrected chi connectivity index (χ3v) is 3.08. The lowest BCUT2D eigenvalue weighted by atomic mass is 10.4. The van der Waals surface area contributed by atoms with Gasteiger partial charge in [0, 0.05) is 30.8 Å². The quantitative estimate of drug-likeness (QED) is 0.406. The van der Waals surface area contributed by atoms with E-state index in [1.54, 1.807) is 13.4 Å². The monoisotopic (exact) mass is 254 g/mol. The number of aromatic amines is 1. The maximum atomic E-state index is 5.19. The van der Waals surface area contributed by atoms with Crippen LogP contribution in [0.25, 0.3) is 0 Å². The summed E-state index contributed by atoms with van der Waals surface area (Å²) in [5.41, 5.74) is 7.43. The first-order chi connectivity index (χ1) is 8.27. The van der Waals surface area contributed by atoms with Crippen LogP contribution in [0.15, 0.2) is 16.3 Å². The molecule has 1 aromatic heterocycles. The van der Waals surface area contributed by atoms with Crippen molar-refractivity contribution in [1.82, 2.24) is 15.3 Å². The van der Waals surface area contributed by atoms with Gasteiger partial charge in [-0.15, -0.1) is 0 Å². The molecule has 17 heavy (non-hydrogen) atoms. The summed E-state index contributed by atoms with van der Waals surface area (Å²) in [5.74, 6) is 2.44. The number of aliphatic imine (C=N–C) groups is 2. The molecule has 94 valence electrons. The number of aryl methyl sites for hydroxylation is 1. The Morgan fingerprint density at radius 1 is 1.71 bits per heavy atom. The average molecular weight is 254 g/mol. The molecule has 0 aliphatic carbocycles. The Kier molecular flexibility index (Phi) is 6.16. The summed E-state index contributed by atoms with van der Waals surface area (Å²) in [6.07, 6.45) is 2.96. The Bertz CT molecular complexity index is 384. The first-order valence-electron chi connectivity index (χ1n) is 5.29. The van der Waals surface area contributed by atoms with Gasteiger partial charge in [0.25, 0.3) is 0 Å². The summed E-state index contributed by atoms with van der Waals surface area (Å²) < 4.78 is 0. The van der Waals surface area contributed by atoms with Crippen LogP contribution in [-0.2, 0) is 5.75 Å². The van der Waals surface area contributed by atoms with Crippen LogP contribution < -0.4 is 11.1 Å². The van der Waals surface area contributed by atoms with Crippen molar-refractivity contribution in [3.8, 4) is 0 Å². The van der Waals surface area contributed by atoms with Gasteiger partial charge >= 0.3 is 0 Å². The molecule has 1 heterocycles. The van der Waals surface area contributed by atoms with Gasteiger partial charge in [0.05, 0.1) is 18.4 Å². The van der Waals surface area contributed by atoms with Crippen molar-refractivity contribution in [2.45, 2.75) is 12.7 Å². The molecule has 0 saturated heterocycles. The van der Waals surface area contributed by atoms with E-state index in [9.17, 15) is 0 Å². The minimum Gasteiger partial charge on any atom is -0.390 e. The fourth-order valence-electron chi connectivity index (χ4n) is 1.19. The van der Waals surface area contributed by atoms with E-state index >= 15 is 0 Å². The van der Waals surface area contributed by atoms with Crippen molar-refractivity contribution >= 4 is 24.1 Å². The molecule has 4 N–H and O–H groups in total. The standard InChI is InChI=1S/C10H18N6S/c1-8-9(16-7-15-8)5-17-4-3-13-10(12-2)14-6-11/h6-7H,3-5H2,1-2H3,(H,15,16)(H3,11,12,13,14). The zero-order chi connectivity index (χ0) is 12.5. The molecule has 1 rings (SSSR count). The van der Waals surface area contributed by atoms with E-state index in [4.69, 9.17) is 5.73 Å². The van der Waals surface area contributed by atoms with E-state index in [1.807, 2.05) is 18.7 Å². The fourth-order valence-corrected chi connectivity index (χ4v) is 2.06. The molecular weight excluding hydrogens is 236 g/mol. The highest BCUT2D eigenvalue weighted by molar-refractivity contribution is 7.98. The molecular formula is C10H18N6S. The molecule has 0 bridgehead atoms. The van der Waals surface area contributed by atoms with Crippen molar-refractivity contribution in [2.24, 2.45) is 15.7 Å². The molecule has 0 spiro atoms. The number of rotatable bonds is 5. The summed E-state index contributed by atoms with van der Waals surface area (Å²) in [4.78, 5) is 15.1. The van der Waals surface area contributed by atoms with Gasteiger partial charge in [0.2, 0.25) is 5.96 Å². The number of imidazole rings is 1. The Morgan fingerprint density at radius 3 is 3.12 bits per heavy atom. The van der Waals surface area contributed by atoms with E-state index in [-0.39, 0.29) is 0 Å². The van der Waals surface area contributed by atoms with Gasteiger partial charge in [-0.05, 0) is 6.92 Å².